The predicted octanol–water partition coefficient (Wildman–Crippen LogP) is 4.53. The van der Waals surface area contributed by atoms with Crippen molar-refractivity contribution in [2.75, 3.05) is 0 Å². The number of nitrogens with zero attached hydrogens (tertiary/aromatic N) is 1. The Morgan fingerprint density at radius 3 is 3.24 bits per heavy atom. The third-order valence-corrected chi connectivity index (χ3v) is 5.35. The second kappa shape index (κ2) is 6.36. The summed E-state index contributed by atoms with van der Waals surface area (Å²) in [6.45, 7) is 2.98. The molecule has 21 heavy (non-hydrogen) atoms. The molecule has 1 N–H and O–H groups in total. The standard InChI is InChI=1S/C16H19BrN2OS/c1-2-7-19-10-11(17)9-14(19)16(20)18-13-4-3-5-15-12(13)6-8-21-15/h6,8-10,13H,2-5,7H2,1H3,(H,18,20). The molecule has 1 amide bonds. The molecule has 1 aliphatic carbocycles. The molecule has 0 saturated heterocycles. The molecule has 1 aliphatic rings. The molecule has 0 saturated carbocycles. The van der Waals surface area contributed by atoms with Crippen molar-refractivity contribution in [2.45, 2.75) is 45.2 Å². The summed E-state index contributed by atoms with van der Waals surface area (Å²) in [4.78, 5) is 14.0. The first-order valence-corrected chi connectivity index (χ1v) is 9.09. The summed E-state index contributed by atoms with van der Waals surface area (Å²) in [5.41, 5.74) is 2.05. The number of carbonyl (C=O) groups is 1. The first kappa shape index (κ1) is 14.9. The van der Waals surface area contributed by atoms with Gasteiger partial charge in [0.25, 0.3) is 5.91 Å². The minimum Gasteiger partial charge on any atom is -0.344 e. The summed E-state index contributed by atoms with van der Waals surface area (Å²) in [6, 6.07) is 4.23. The van der Waals surface area contributed by atoms with Gasteiger partial charge in [-0.1, -0.05) is 6.92 Å². The number of nitrogens with one attached hydrogen (secondary N) is 1. The molecule has 0 radical (unpaired) electrons. The molecule has 2 aromatic heterocycles. The van der Waals surface area contributed by atoms with E-state index in [1.165, 1.54) is 10.4 Å². The van der Waals surface area contributed by atoms with Crippen molar-refractivity contribution >= 4 is 33.2 Å². The van der Waals surface area contributed by atoms with Crippen LogP contribution < -0.4 is 5.32 Å². The highest BCUT2D eigenvalue weighted by Gasteiger charge is 2.24. The van der Waals surface area contributed by atoms with E-state index in [-0.39, 0.29) is 11.9 Å². The van der Waals surface area contributed by atoms with E-state index in [0.29, 0.717) is 0 Å². The largest absolute Gasteiger partial charge is 0.344 e. The van der Waals surface area contributed by atoms with E-state index in [9.17, 15) is 4.79 Å². The summed E-state index contributed by atoms with van der Waals surface area (Å²) in [7, 11) is 0. The maximum absolute atomic E-state index is 12.6. The van der Waals surface area contributed by atoms with Crippen LogP contribution in [0.2, 0.25) is 0 Å². The topological polar surface area (TPSA) is 34.0 Å². The third-order valence-electron chi connectivity index (χ3n) is 3.92. The van der Waals surface area contributed by atoms with Crippen LogP contribution >= 0.6 is 27.3 Å². The molecular formula is C16H19BrN2OS. The summed E-state index contributed by atoms with van der Waals surface area (Å²) in [6.07, 6.45) is 6.33. The maximum atomic E-state index is 12.6. The Labute approximate surface area is 137 Å². The molecule has 2 aromatic rings. The van der Waals surface area contributed by atoms with E-state index in [2.05, 4.69) is 39.6 Å². The number of hydrogen-bond donors (Lipinski definition) is 1. The van der Waals surface area contributed by atoms with Crippen molar-refractivity contribution in [1.29, 1.82) is 0 Å². The lowest BCUT2D eigenvalue weighted by Crippen LogP contribution is -2.31. The number of thiophene rings is 1. The van der Waals surface area contributed by atoms with Gasteiger partial charge in [0, 0.05) is 22.1 Å². The lowest BCUT2D eigenvalue weighted by Gasteiger charge is -2.24. The molecule has 0 fully saturated rings. The van der Waals surface area contributed by atoms with Crippen molar-refractivity contribution in [2.24, 2.45) is 0 Å². The predicted molar refractivity (Wildman–Crippen MR) is 89.9 cm³/mol. The van der Waals surface area contributed by atoms with Gasteiger partial charge in [0.2, 0.25) is 0 Å². The fraction of sp³-hybridized carbons (Fsp3) is 0.438. The van der Waals surface area contributed by atoms with Gasteiger partial charge < -0.3 is 9.88 Å². The fourth-order valence-electron chi connectivity index (χ4n) is 2.96. The molecule has 5 heteroatoms. The normalized spacial score (nSPS) is 17.5. The van der Waals surface area contributed by atoms with Crippen molar-refractivity contribution < 1.29 is 4.79 Å². The molecule has 0 aromatic carbocycles. The van der Waals surface area contributed by atoms with Gasteiger partial charge in [-0.2, -0.15) is 0 Å². The monoisotopic (exact) mass is 366 g/mol. The van der Waals surface area contributed by atoms with Crippen LogP contribution in [0.15, 0.2) is 28.2 Å². The molecule has 3 rings (SSSR count). The first-order chi connectivity index (χ1) is 10.2. The SMILES string of the molecule is CCCn1cc(Br)cc1C(=O)NC1CCCc2sccc21. The van der Waals surface area contributed by atoms with Crippen LogP contribution in [0.3, 0.4) is 0 Å². The Kier molecular flexibility index (Phi) is 4.50. The Morgan fingerprint density at radius 2 is 2.43 bits per heavy atom. The second-order valence-electron chi connectivity index (χ2n) is 5.45. The molecule has 1 atom stereocenters. The molecule has 3 nitrogen and oxygen atoms in total. The van der Waals surface area contributed by atoms with E-state index in [0.717, 1.165) is 42.4 Å². The quantitative estimate of drug-likeness (QED) is 0.847. The highest BCUT2D eigenvalue weighted by molar-refractivity contribution is 9.10. The zero-order chi connectivity index (χ0) is 14.8. The van der Waals surface area contributed by atoms with Gasteiger partial charge in [-0.05, 0) is 64.7 Å². The van der Waals surface area contributed by atoms with Gasteiger partial charge in [0.15, 0.2) is 0 Å². The summed E-state index contributed by atoms with van der Waals surface area (Å²) in [5.74, 6) is 0.0261. The van der Waals surface area contributed by atoms with E-state index in [4.69, 9.17) is 0 Å². The smallest absolute Gasteiger partial charge is 0.268 e. The number of aromatic nitrogens is 1. The van der Waals surface area contributed by atoms with Crippen LogP contribution in [-0.4, -0.2) is 10.5 Å². The number of halogens is 1. The Balaban J connectivity index is 1.79. The Bertz CT molecular complexity index is 646. The lowest BCUT2D eigenvalue weighted by molar-refractivity contribution is 0.0923. The number of hydrogen-bond acceptors (Lipinski definition) is 2. The highest BCUT2D eigenvalue weighted by atomic mass is 79.9. The second-order valence-corrected chi connectivity index (χ2v) is 7.37. The number of carbonyl (C=O) groups excluding carboxylic acids is 1. The zero-order valence-corrected chi connectivity index (χ0v) is 14.5. The van der Waals surface area contributed by atoms with E-state index in [1.54, 1.807) is 11.3 Å². The molecule has 0 aliphatic heterocycles. The minimum absolute atomic E-state index is 0.0261. The van der Waals surface area contributed by atoms with Crippen LogP contribution in [0.25, 0.3) is 0 Å². The van der Waals surface area contributed by atoms with Gasteiger partial charge in [0.1, 0.15) is 5.69 Å². The van der Waals surface area contributed by atoms with Crippen LogP contribution in [0, 0.1) is 0 Å². The van der Waals surface area contributed by atoms with Crippen LogP contribution in [0.4, 0.5) is 0 Å². The van der Waals surface area contributed by atoms with Crippen LogP contribution in [0.1, 0.15) is 53.2 Å². The van der Waals surface area contributed by atoms with Crippen molar-refractivity contribution in [3.05, 3.63) is 44.3 Å². The minimum atomic E-state index is 0.0261. The molecule has 112 valence electrons. The average molecular weight is 367 g/mol. The Hall–Kier alpha value is -1.07. The summed E-state index contributed by atoms with van der Waals surface area (Å²) < 4.78 is 2.98. The van der Waals surface area contributed by atoms with Gasteiger partial charge in [-0.15, -0.1) is 11.3 Å². The highest BCUT2D eigenvalue weighted by Crippen LogP contribution is 2.33. The average Bonchev–Trinajstić information content (AvgIpc) is 3.06. The van der Waals surface area contributed by atoms with E-state index in [1.807, 2.05) is 16.8 Å². The lowest BCUT2D eigenvalue weighted by atomic mass is 9.94. The summed E-state index contributed by atoms with van der Waals surface area (Å²) >= 11 is 5.27. The molecule has 1 unspecified atom stereocenters. The molecule has 0 bridgehead atoms. The van der Waals surface area contributed by atoms with E-state index >= 15 is 0 Å². The number of fused-ring (bicyclic) bond motifs is 1. The van der Waals surface area contributed by atoms with Crippen LogP contribution in [0.5, 0.6) is 0 Å². The number of rotatable bonds is 4. The zero-order valence-electron chi connectivity index (χ0n) is 12.1. The van der Waals surface area contributed by atoms with Gasteiger partial charge in [-0.25, -0.2) is 0 Å². The van der Waals surface area contributed by atoms with Gasteiger partial charge >= 0.3 is 0 Å². The number of aryl methyl sites for hydroxylation is 2. The molecular weight excluding hydrogens is 348 g/mol. The number of amides is 1. The Morgan fingerprint density at radius 1 is 1.57 bits per heavy atom. The molecule has 0 spiro atoms. The summed E-state index contributed by atoms with van der Waals surface area (Å²) in [5, 5.41) is 5.35. The van der Waals surface area contributed by atoms with E-state index < -0.39 is 0 Å². The van der Waals surface area contributed by atoms with Crippen LogP contribution in [-0.2, 0) is 13.0 Å². The van der Waals surface area contributed by atoms with Crippen molar-refractivity contribution in [3.8, 4) is 0 Å². The first-order valence-electron chi connectivity index (χ1n) is 7.42. The maximum Gasteiger partial charge on any atom is 0.268 e. The van der Waals surface area contributed by atoms with Gasteiger partial charge in [-0.3, -0.25) is 4.79 Å². The fourth-order valence-corrected chi connectivity index (χ4v) is 4.41. The third kappa shape index (κ3) is 3.09. The van der Waals surface area contributed by atoms with Crippen molar-refractivity contribution in [3.63, 3.8) is 0 Å². The van der Waals surface area contributed by atoms with Crippen molar-refractivity contribution in [1.82, 2.24) is 9.88 Å². The van der Waals surface area contributed by atoms with Gasteiger partial charge in [0.05, 0.1) is 6.04 Å². The molecule has 2 heterocycles.